The Morgan fingerprint density at radius 2 is 1.90 bits per heavy atom. The van der Waals surface area contributed by atoms with Crippen molar-refractivity contribution >= 4 is 22.6 Å². The number of halogens is 3. The predicted molar refractivity (Wildman–Crippen MR) is 149 cm³/mol. The maximum Gasteiger partial charge on any atom is 0.268 e. The molecule has 2 heterocycles. The van der Waals surface area contributed by atoms with Gasteiger partial charge in [0.05, 0.1) is 16.8 Å². The number of amides is 1. The normalized spacial score (nSPS) is 17.2. The number of anilines is 1. The van der Waals surface area contributed by atoms with E-state index in [1.165, 1.54) is 12.4 Å². The van der Waals surface area contributed by atoms with Crippen LogP contribution in [-0.2, 0) is 4.79 Å². The SMILES string of the molecule is N#Cc1c(-c2c[nH]c3c(F)cc(F)cc23)nc(NC2CCCC(NC(=O)/C(N)=C/NN)C2)c(F)c1-c1ccccc1. The van der Waals surface area contributed by atoms with E-state index >= 15 is 4.39 Å². The van der Waals surface area contributed by atoms with Crippen molar-refractivity contribution in [3.63, 3.8) is 0 Å². The largest absolute Gasteiger partial charge is 0.393 e. The number of aromatic nitrogens is 2. The summed E-state index contributed by atoms with van der Waals surface area (Å²) in [7, 11) is 0. The number of hydrogen-bond donors (Lipinski definition) is 6. The second-order valence-electron chi connectivity index (χ2n) is 9.81. The number of carbonyl (C=O) groups excluding carboxylic acids is 1. The Hall–Kier alpha value is -5.02. The van der Waals surface area contributed by atoms with E-state index in [0.717, 1.165) is 18.6 Å². The van der Waals surface area contributed by atoms with Crippen LogP contribution >= 0.6 is 0 Å². The Labute approximate surface area is 233 Å². The number of carbonyl (C=O) groups is 1. The van der Waals surface area contributed by atoms with Crippen molar-refractivity contribution in [2.75, 3.05) is 5.32 Å². The maximum absolute atomic E-state index is 16.2. The average molecular weight is 561 g/mol. The first-order chi connectivity index (χ1) is 19.8. The third-order valence-corrected chi connectivity index (χ3v) is 7.12. The van der Waals surface area contributed by atoms with Crippen LogP contribution in [0.25, 0.3) is 33.3 Å². The van der Waals surface area contributed by atoms with E-state index < -0.39 is 23.4 Å². The lowest BCUT2D eigenvalue weighted by atomic mass is 9.90. The molecule has 1 fully saturated rings. The Balaban J connectivity index is 1.57. The summed E-state index contributed by atoms with van der Waals surface area (Å²) >= 11 is 0. The highest BCUT2D eigenvalue weighted by Gasteiger charge is 2.28. The van der Waals surface area contributed by atoms with Gasteiger partial charge in [0.15, 0.2) is 11.6 Å². The number of benzene rings is 2. The Morgan fingerprint density at radius 3 is 2.63 bits per heavy atom. The summed E-state index contributed by atoms with van der Waals surface area (Å²) in [6.07, 6.45) is 5.16. The van der Waals surface area contributed by atoms with Crippen molar-refractivity contribution < 1.29 is 18.0 Å². The first kappa shape index (κ1) is 27.5. The van der Waals surface area contributed by atoms with Gasteiger partial charge in [-0.2, -0.15) is 5.26 Å². The van der Waals surface area contributed by atoms with Gasteiger partial charge in [-0.1, -0.05) is 30.3 Å². The van der Waals surface area contributed by atoms with Crippen LogP contribution in [0, 0.1) is 28.8 Å². The van der Waals surface area contributed by atoms with Crippen molar-refractivity contribution in [2.45, 2.75) is 37.8 Å². The molecule has 4 aromatic rings. The minimum atomic E-state index is -0.804. The number of nitrogens with one attached hydrogen (secondary N) is 4. The zero-order valence-corrected chi connectivity index (χ0v) is 21.8. The minimum absolute atomic E-state index is 0.0136. The molecule has 2 unspecified atom stereocenters. The van der Waals surface area contributed by atoms with Crippen molar-refractivity contribution in [3.8, 4) is 28.5 Å². The Bertz CT molecular complexity index is 1680. The van der Waals surface area contributed by atoms with Gasteiger partial charge >= 0.3 is 0 Å². The zero-order valence-electron chi connectivity index (χ0n) is 21.8. The number of rotatable bonds is 7. The lowest BCUT2D eigenvalue weighted by Crippen LogP contribution is -2.43. The van der Waals surface area contributed by atoms with Crippen molar-refractivity contribution in [1.82, 2.24) is 20.7 Å². The number of nitrogens with two attached hydrogens (primary N) is 2. The molecule has 0 spiro atoms. The van der Waals surface area contributed by atoms with E-state index in [2.05, 4.69) is 32.1 Å². The van der Waals surface area contributed by atoms with Gasteiger partial charge < -0.3 is 26.8 Å². The predicted octanol–water partition coefficient (Wildman–Crippen LogP) is 4.29. The highest BCUT2D eigenvalue weighted by Crippen LogP contribution is 2.39. The van der Waals surface area contributed by atoms with Gasteiger partial charge in [-0.15, -0.1) is 0 Å². The molecule has 0 bridgehead atoms. The maximum atomic E-state index is 16.2. The number of aromatic amines is 1. The molecule has 2 aromatic carbocycles. The monoisotopic (exact) mass is 560 g/mol. The van der Waals surface area contributed by atoms with E-state index in [4.69, 9.17) is 11.6 Å². The fourth-order valence-corrected chi connectivity index (χ4v) is 5.26. The number of hydrazine groups is 1. The smallest absolute Gasteiger partial charge is 0.268 e. The van der Waals surface area contributed by atoms with Crippen molar-refractivity contribution in [2.24, 2.45) is 11.6 Å². The molecule has 12 heteroatoms. The molecule has 8 N–H and O–H groups in total. The summed E-state index contributed by atoms with van der Waals surface area (Å²) in [6, 6.07) is 12.0. The van der Waals surface area contributed by atoms with Crippen LogP contribution in [0.4, 0.5) is 19.0 Å². The number of H-pyrrole nitrogens is 1. The molecule has 1 aliphatic carbocycles. The zero-order chi connectivity index (χ0) is 29.1. The van der Waals surface area contributed by atoms with E-state index in [1.54, 1.807) is 30.3 Å². The van der Waals surface area contributed by atoms with Gasteiger partial charge in [0.1, 0.15) is 23.4 Å². The molecule has 0 saturated heterocycles. The average Bonchev–Trinajstić information content (AvgIpc) is 3.38. The second kappa shape index (κ2) is 11.6. The van der Waals surface area contributed by atoms with Crippen LogP contribution in [0.15, 0.2) is 60.6 Å². The third-order valence-electron chi connectivity index (χ3n) is 7.12. The summed E-state index contributed by atoms with van der Waals surface area (Å²) in [5, 5.41) is 16.4. The molecule has 0 radical (unpaired) electrons. The molecule has 2 atom stereocenters. The summed E-state index contributed by atoms with van der Waals surface area (Å²) in [5.74, 6) is 2.25. The van der Waals surface area contributed by atoms with Crippen LogP contribution in [0.1, 0.15) is 31.2 Å². The van der Waals surface area contributed by atoms with Crippen LogP contribution in [0.3, 0.4) is 0 Å². The van der Waals surface area contributed by atoms with Gasteiger partial charge in [-0.3, -0.25) is 10.6 Å². The minimum Gasteiger partial charge on any atom is -0.393 e. The Morgan fingerprint density at radius 1 is 1.15 bits per heavy atom. The number of nitriles is 1. The molecule has 41 heavy (non-hydrogen) atoms. The molecule has 1 amide bonds. The fourth-order valence-electron chi connectivity index (χ4n) is 5.26. The molecule has 1 saturated carbocycles. The third kappa shape index (κ3) is 5.53. The summed E-state index contributed by atoms with van der Waals surface area (Å²) in [5.41, 5.74) is 8.58. The van der Waals surface area contributed by atoms with Crippen molar-refractivity contribution in [3.05, 3.63) is 83.6 Å². The van der Waals surface area contributed by atoms with Crippen LogP contribution in [-0.4, -0.2) is 28.0 Å². The quantitative estimate of drug-likeness (QED) is 0.112. The fraction of sp³-hybridized carbons (Fsp3) is 0.207. The van der Waals surface area contributed by atoms with E-state index in [-0.39, 0.29) is 56.9 Å². The number of fused-ring (bicyclic) bond motifs is 1. The van der Waals surface area contributed by atoms with Gasteiger partial charge in [0.25, 0.3) is 5.91 Å². The van der Waals surface area contributed by atoms with Crippen LogP contribution in [0.2, 0.25) is 0 Å². The first-order valence-electron chi connectivity index (χ1n) is 12.9. The molecule has 1 aliphatic rings. The number of pyridine rings is 1. The van der Waals surface area contributed by atoms with E-state index in [9.17, 15) is 18.8 Å². The molecule has 0 aliphatic heterocycles. The van der Waals surface area contributed by atoms with Gasteiger partial charge in [0.2, 0.25) is 0 Å². The van der Waals surface area contributed by atoms with Crippen LogP contribution in [0.5, 0.6) is 0 Å². The standard InChI is InChI=1S/C29H27F3N8O/c30-16-9-19-21(13-36-27(19)22(31)10-16)26-20(12-33)24(15-5-2-1-3-6-15)25(32)28(40-26)38-17-7-4-8-18(11-17)39-29(41)23(34)14-37-35/h1-3,5-6,9-10,13-14,17-18,36-37H,4,7-8,11,34-35H2,(H,38,40)(H,39,41)/b23-14-. The van der Waals surface area contributed by atoms with Crippen LogP contribution < -0.4 is 27.6 Å². The Kier molecular flexibility index (Phi) is 7.80. The lowest BCUT2D eigenvalue weighted by Gasteiger charge is -2.31. The van der Waals surface area contributed by atoms with E-state index in [1.807, 2.05) is 0 Å². The number of hydrogen-bond acceptors (Lipinski definition) is 7. The summed E-state index contributed by atoms with van der Waals surface area (Å²) < 4.78 is 44.9. The van der Waals surface area contributed by atoms with Gasteiger partial charge in [0, 0.05) is 47.1 Å². The molecule has 210 valence electrons. The second-order valence-corrected chi connectivity index (χ2v) is 9.81. The first-order valence-corrected chi connectivity index (χ1v) is 12.9. The summed E-state index contributed by atoms with van der Waals surface area (Å²) in [6.45, 7) is 0. The van der Waals surface area contributed by atoms with E-state index in [0.29, 0.717) is 24.8 Å². The highest BCUT2D eigenvalue weighted by atomic mass is 19.1. The topological polar surface area (TPSA) is 158 Å². The molecule has 9 nitrogen and oxygen atoms in total. The number of nitrogens with zero attached hydrogens (tertiary/aromatic N) is 2. The van der Waals surface area contributed by atoms with Gasteiger partial charge in [-0.25, -0.2) is 18.2 Å². The molecular weight excluding hydrogens is 533 g/mol. The van der Waals surface area contributed by atoms with Gasteiger partial charge in [-0.05, 0) is 37.3 Å². The molecule has 2 aromatic heterocycles. The van der Waals surface area contributed by atoms with Crippen molar-refractivity contribution in [1.29, 1.82) is 5.26 Å². The lowest BCUT2D eigenvalue weighted by molar-refractivity contribution is -0.118. The highest BCUT2D eigenvalue weighted by molar-refractivity contribution is 5.98. The molecular formula is C29H27F3N8O. The summed E-state index contributed by atoms with van der Waals surface area (Å²) in [4.78, 5) is 19.6. The molecule has 5 rings (SSSR count).